The van der Waals surface area contributed by atoms with E-state index in [4.69, 9.17) is 11.6 Å². The number of aryl methyl sites for hydroxylation is 1. The summed E-state index contributed by atoms with van der Waals surface area (Å²) in [6, 6.07) is 14.5. The monoisotopic (exact) mass is 586 g/mol. The number of carbonyl (C=O) groups is 1. The molecule has 5 aromatic rings. The van der Waals surface area contributed by atoms with E-state index in [1.54, 1.807) is 40.7 Å². The van der Waals surface area contributed by atoms with Gasteiger partial charge in [-0.1, -0.05) is 47.6 Å². The Bertz CT molecular complexity index is 1840. The normalized spacial score (nSPS) is 11.7. The SMILES string of the molecule is CCn1cc(-n2c(C)c(Sc3cccc(C(=O)NS(=O)(=O)c4ccccc4)c3F)c3ccc(Cl)c(F)c32)cn1. The molecule has 39 heavy (non-hydrogen) atoms. The highest BCUT2D eigenvalue weighted by Crippen LogP contribution is 2.42. The number of fused-ring (bicyclic) bond motifs is 1. The van der Waals surface area contributed by atoms with Crippen molar-refractivity contribution in [2.45, 2.75) is 35.1 Å². The van der Waals surface area contributed by atoms with Crippen molar-refractivity contribution < 1.29 is 22.0 Å². The number of nitrogens with one attached hydrogen (secondary N) is 1. The third-order valence-corrected chi connectivity index (χ3v) is 9.00. The average Bonchev–Trinajstić information content (AvgIpc) is 3.50. The first-order valence-electron chi connectivity index (χ1n) is 11.7. The summed E-state index contributed by atoms with van der Waals surface area (Å²) in [5.74, 6) is -2.65. The minimum Gasteiger partial charge on any atom is -0.307 e. The van der Waals surface area contributed by atoms with Crippen LogP contribution in [0.25, 0.3) is 16.6 Å². The summed E-state index contributed by atoms with van der Waals surface area (Å²) in [6.45, 7) is 4.30. The van der Waals surface area contributed by atoms with Crippen molar-refractivity contribution in [3.05, 3.63) is 101 Å². The summed E-state index contributed by atoms with van der Waals surface area (Å²) in [5.41, 5.74) is 0.973. The van der Waals surface area contributed by atoms with Crippen molar-refractivity contribution in [1.82, 2.24) is 19.1 Å². The van der Waals surface area contributed by atoms with Crippen LogP contribution in [0.5, 0.6) is 0 Å². The molecule has 2 heterocycles. The third-order valence-electron chi connectivity index (χ3n) is 6.10. The standard InChI is InChI=1S/C27H21ClF2N4O3S2/c1-3-33-15-17(14-31-33)34-16(2)26(20-12-13-21(28)24(30)25(20)34)38-22-11-7-10-19(23(22)29)27(35)32-39(36,37)18-8-5-4-6-9-18/h4-15H,3H2,1-2H3,(H,32,35). The van der Waals surface area contributed by atoms with E-state index >= 15 is 8.78 Å². The zero-order valence-electron chi connectivity index (χ0n) is 20.7. The number of carbonyl (C=O) groups excluding carboxylic acids is 1. The molecule has 0 unspecified atom stereocenters. The van der Waals surface area contributed by atoms with Gasteiger partial charge in [0.25, 0.3) is 15.9 Å². The van der Waals surface area contributed by atoms with Crippen LogP contribution in [-0.4, -0.2) is 28.7 Å². The van der Waals surface area contributed by atoms with Gasteiger partial charge in [-0.2, -0.15) is 5.10 Å². The van der Waals surface area contributed by atoms with E-state index in [1.807, 2.05) is 11.6 Å². The molecule has 0 bridgehead atoms. The summed E-state index contributed by atoms with van der Waals surface area (Å²) in [6.07, 6.45) is 3.36. The van der Waals surface area contributed by atoms with Crippen molar-refractivity contribution in [1.29, 1.82) is 0 Å². The third kappa shape index (κ3) is 4.93. The van der Waals surface area contributed by atoms with E-state index in [0.29, 0.717) is 28.2 Å². The number of sulfonamides is 1. The van der Waals surface area contributed by atoms with Gasteiger partial charge < -0.3 is 4.57 Å². The van der Waals surface area contributed by atoms with Gasteiger partial charge in [0, 0.05) is 33.6 Å². The maximum Gasteiger partial charge on any atom is 0.268 e. The van der Waals surface area contributed by atoms with Crippen LogP contribution in [0.1, 0.15) is 23.0 Å². The first-order chi connectivity index (χ1) is 18.6. The summed E-state index contributed by atoms with van der Waals surface area (Å²) >= 11 is 7.11. The Morgan fingerprint density at radius 1 is 1.05 bits per heavy atom. The van der Waals surface area contributed by atoms with E-state index in [1.165, 1.54) is 48.5 Å². The predicted molar refractivity (Wildman–Crippen MR) is 146 cm³/mol. The second-order valence-electron chi connectivity index (χ2n) is 8.53. The Morgan fingerprint density at radius 3 is 2.49 bits per heavy atom. The second-order valence-corrected chi connectivity index (χ2v) is 11.7. The molecular weight excluding hydrogens is 566 g/mol. The molecule has 7 nitrogen and oxygen atoms in total. The fourth-order valence-electron chi connectivity index (χ4n) is 4.21. The minimum absolute atomic E-state index is 0.0570. The molecule has 0 spiro atoms. The quantitative estimate of drug-likeness (QED) is 0.240. The molecule has 2 aromatic heterocycles. The number of hydrogen-bond donors (Lipinski definition) is 1. The molecular formula is C27H21ClF2N4O3S2. The van der Waals surface area contributed by atoms with Crippen molar-refractivity contribution in [3.8, 4) is 5.69 Å². The smallest absolute Gasteiger partial charge is 0.268 e. The molecule has 0 aliphatic rings. The molecule has 0 fully saturated rings. The van der Waals surface area contributed by atoms with Gasteiger partial charge in [-0.25, -0.2) is 21.9 Å². The van der Waals surface area contributed by atoms with Crippen LogP contribution in [0, 0.1) is 18.6 Å². The van der Waals surface area contributed by atoms with Gasteiger partial charge in [0.05, 0.1) is 32.9 Å². The summed E-state index contributed by atoms with van der Waals surface area (Å²) in [5, 5.41) is 4.71. The average molecular weight is 587 g/mol. The van der Waals surface area contributed by atoms with Crippen molar-refractivity contribution in [2.24, 2.45) is 0 Å². The summed E-state index contributed by atoms with van der Waals surface area (Å²) in [4.78, 5) is 13.3. The van der Waals surface area contributed by atoms with Gasteiger partial charge in [0.1, 0.15) is 5.82 Å². The van der Waals surface area contributed by atoms with E-state index in [0.717, 1.165) is 11.8 Å². The van der Waals surface area contributed by atoms with Crippen LogP contribution in [0.4, 0.5) is 8.78 Å². The molecule has 200 valence electrons. The van der Waals surface area contributed by atoms with Gasteiger partial charge in [-0.15, -0.1) is 0 Å². The lowest BCUT2D eigenvalue weighted by Gasteiger charge is -2.10. The van der Waals surface area contributed by atoms with Crippen LogP contribution in [0.2, 0.25) is 5.02 Å². The number of aromatic nitrogens is 3. The molecule has 3 aromatic carbocycles. The molecule has 5 rings (SSSR count). The van der Waals surface area contributed by atoms with E-state index in [-0.39, 0.29) is 20.3 Å². The lowest BCUT2D eigenvalue weighted by atomic mass is 10.2. The molecule has 1 N–H and O–H groups in total. The van der Waals surface area contributed by atoms with Crippen LogP contribution < -0.4 is 4.72 Å². The second kappa shape index (κ2) is 10.5. The topological polar surface area (TPSA) is 86.0 Å². The Labute approximate surface area is 232 Å². The molecule has 12 heteroatoms. The van der Waals surface area contributed by atoms with E-state index in [2.05, 4.69) is 5.10 Å². The Hall–Kier alpha value is -3.67. The highest BCUT2D eigenvalue weighted by atomic mass is 35.5. The van der Waals surface area contributed by atoms with Crippen molar-refractivity contribution >= 4 is 50.2 Å². The van der Waals surface area contributed by atoms with Gasteiger partial charge in [0.2, 0.25) is 0 Å². The first kappa shape index (κ1) is 26.9. The van der Waals surface area contributed by atoms with Gasteiger partial charge >= 0.3 is 0 Å². The highest BCUT2D eigenvalue weighted by molar-refractivity contribution is 7.99. The highest BCUT2D eigenvalue weighted by Gasteiger charge is 2.25. The van der Waals surface area contributed by atoms with E-state index in [9.17, 15) is 13.2 Å². The Morgan fingerprint density at radius 2 is 1.79 bits per heavy atom. The molecule has 1 amide bonds. The van der Waals surface area contributed by atoms with Crippen molar-refractivity contribution in [2.75, 3.05) is 0 Å². The molecule has 0 saturated carbocycles. The first-order valence-corrected chi connectivity index (χ1v) is 14.4. The zero-order chi connectivity index (χ0) is 27.9. The molecule has 0 atom stereocenters. The van der Waals surface area contributed by atoms with Crippen LogP contribution in [0.3, 0.4) is 0 Å². The minimum atomic E-state index is -4.21. The predicted octanol–water partition coefficient (Wildman–Crippen LogP) is 6.36. The fraction of sp³-hybridized carbons (Fsp3) is 0.111. The molecule has 0 aliphatic carbocycles. The van der Waals surface area contributed by atoms with Gasteiger partial charge in [0.15, 0.2) is 5.82 Å². The molecule has 0 saturated heterocycles. The maximum atomic E-state index is 15.6. The van der Waals surface area contributed by atoms with Crippen LogP contribution in [-0.2, 0) is 16.6 Å². The van der Waals surface area contributed by atoms with Crippen LogP contribution in [0.15, 0.2) is 87.7 Å². The molecule has 0 aliphatic heterocycles. The molecule has 0 radical (unpaired) electrons. The number of amides is 1. The number of halogens is 3. The van der Waals surface area contributed by atoms with Gasteiger partial charge in [-0.3, -0.25) is 9.48 Å². The largest absolute Gasteiger partial charge is 0.307 e. The van der Waals surface area contributed by atoms with Crippen molar-refractivity contribution in [3.63, 3.8) is 0 Å². The maximum absolute atomic E-state index is 15.6. The van der Waals surface area contributed by atoms with E-state index < -0.39 is 33.1 Å². The number of hydrogen-bond acceptors (Lipinski definition) is 5. The Balaban J connectivity index is 1.56. The summed E-state index contributed by atoms with van der Waals surface area (Å²) < 4.78 is 61.5. The van der Waals surface area contributed by atoms with Gasteiger partial charge in [-0.05, 0) is 50.2 Å². The number of nitrogens with zero attached hydrogens (tertiary/aromatic N) is 3. The lowest BCUT2D eigenvalue weighted by Crippen LogP contribution is -2.31. The lowest BCUT2D eigenvalue weighted by molar-refractivity contribution is 0.0977. The zero-order valence-corrected chi connectivity index (χ0v) is 23.0. The Kier molecular flexibility index (Phi) is 7.23. The fourth-order valence-corrected chi connectivity index (χ4v) is 6.43. The van der Waals surface area contributed by atoms with Crippen LogP contribution >= 0.6 is 23.4 Å². The number of rotatable bonds is 7. The number of benzene rings is 3. The summed E-state index contributed by atoms with van der Waals surface area (Å²) in [7, 11) is -4.21.